The van der Waals surface area contributed by atoms with E-state index in [2.05, 4.69) is 16.4 Å². The molecule has 4 aliphatic rings. The molecule has 0 aliphatic carbocycles. The molecule has 40 heavy (non-hydrogen) atoms. The molecule has 1 unspecified atom stereocenters. The van der Waals surface area contributed by atoms with Gasteiger partial charge < -0.3 is 19.8 Å². The number of para-hydroxylation sites is 1. The number of fused-ring (bicyclic) bond motifs is 3. The number of carbonyl (C=O) groups excluding carboxylic acids is 3. The Hall–Kier alpha value is -3.18. The Morgan fingerprint density at radius 2 is 1.85 bits per heavy atom. The molecule has 2 saturated heterocycles. The zero-order valence-corrected chi connectivity index (χ0v) is 23.9. The minimum absolute atomic E-state index is 0.0266. The predicted molar refractivity (Wildman–Crippen MR) is 152 cm³/mol. The molecule has 0 radical (unpaired) electrons. The van der Waals surface area contributed by atoms with Gasteiger partial charge in [-0.05, 0) is 24.5 Å². The number of rotatable bonds is 7. The number of hydrogen-bond acceptors (Lipinski definition) is 7. The second-order valence-corrected chi connectivity index (χ2v) is 13.0. The molecule has 5 heterocycles. The maximum Gasteiger partial charge on any atom is 0.248 e. The van der Waals surface area contributed by atoms with E-state index in [1.165, 1.54) is 0 Å². The summed E-state index contributed by atoms with van der Waals surface area (Å²) in [7, 11) is 0. The van der Waals surface area contributed by atoms with Crippen molar-refractivity contribution in [2.75, 3.05) is 26.2 Å². The van der Waals surface area contributed by atoms with Crippen molar-refractivity contribution in [1.29, 1.82) is 0 Å². The summed E-state index contributed by atoms with van der Waals surface area (Å²) >= 11 is 1.56. The number of amides is 3. The molecule has 11 heteroatoms. The average Bonchev–Trinajstić information content (AvgIpc) is 3.49. The fraction of sp³-hybridized carbons (Fsp3) is 0.552. The van der Waals surface area contributed by atoms with Crippen LogP contribution >= 0.6 is 11.8 Å². The predicted octanol–water partition coefficient (Wildman–Crippen LogP) is 1.91. The quantitative estimate of drug-likeness (QED) is 0.512. The van der Waals surface area contributed by atoms with Crippen LogP contribution in [0, 0.1) is 17.8 Å². The van der Waals surface area contributed by atoms with Crippen LogP contribution < -0.4 is 0 Å². The summed E-state index contributed by atoms with van der Waals surface area (Å²) in [6, 6.07) is 6.19. The third-order valence-electron chi connectivity index (χ3n) is 8.80. The fourth-order valence-corrected chi connectivity index (χ4v) is 8.93. The number of carbonyl (C=O) groups is 3. The van der Waals surface area contributed by atoms with E-state index < -0.39 is 28.7 Å². The van der Waals surface area contributed by atoms with Crippen molar-refractivity contribution < 1.29 is 19.5 Å². The third kappa shape index (κ3) is 4.00. The normalized spacial score (nSPS) is 30.6. The van der Waals surface area contributed by atoms with Crippen LogP contribution in [0.1, 0.15) is 27.2 Å². The van der Waals surface area contributed by atoms with Gasteiger partial charge in [-0.1, -0.05) is 62.4 Å². The van der Waals surface area contributed by atoms with Crippen LogP contribution in [0.2, 0.25) is 0 Å². The molecule has 212 valence electrons. The van der Waals surface area contributed by atoms with Gasteiger partial charge in [0.05, 0.1) is 34.7 Å². The van der Waals surface area contributed by atoms with Gasteiger partial charge in [-0.2, -0.15) is 0 Å². The second kappa shape index (κ2) is 10.3. The molecule has 4 aliphatic heterocycles. The first-order valence-electron chi connectivity index (χ1n) is 14.1. The lowest BCUT2D eigenvalue weighted by atomic mass is 9.78. The van der Waals surface area contributed by atoms with Gasteiger partial charge in [0.1, 0.15) is 18.2 Å². The zero-order valence-electron chi connectivity index (χ0n) is 23.1. The van der Waals surface area contributed by atoms with Crippen molar-refractivity contribution in [2.45, 2.75) is 55.9 Å². The van der Waals surface area contributed by atoms with Crippen molar-refractivity contribution in [3.05, 3.63) is 48.6 Å². The smallest absolute Gasteiger partial charge is 0.248 e. The molecule has 2 aromatic rings. The van der Waals surface area contributed by atoms with Gasteiger partial charge in [-0.15, -0.1) is 16.9 Å². The van der Waals surface area contributed by atoms with Gasteiger partial charge in [-0.25, -0.2) is 4.68 Å². The molecule has 0 bridgehead atoms. The second-order valence-electron chi connectivity index (χ2n) is 11.5. The zero-order chi connectivity index (χ0) is 28.2. The number of benzene rings is 1. The summed E-state index contributed by atoms with van der Waals surface area (Å²) in [6.07, 6.45) is 8.87. The summed E-state index contributed by atoms with van der Waals surface area (Å²) < 4.78 is 0.782. The van der Waals surface area contributed by atoms with Gasteiger partial charge in [0, 0.05) is 24.9 Å². The van der Waals surface area contributed by atoms with Gasteiger partial charge >= 0.3 is 0 Å². The van der Waals surface area contributed by atoms with Crippen LogP contribution in [0.5, 0.6) is 0 Å². The van der Waals surface area contributed by atoms with Gasteiger partial charge in [0.2, 0.25) is 17.7 Å². The maximum absolute atomic E-state index is 14.6. The van der Waals surface area contributed by atoms with E-state index in [9.17, 15) is 19.5 Å². The molecule has 6 rings (SSSR count). The Morgan fingerprint density at radius 1 is 1.07 bits per heavy atom. The minimum atomic E-state index is -0.916. The Balaban J connectivity index is 1.43. The molecule has 0 saturated carbocycles. The number of likely N-dealkylation sites (tertiary alicyclic amines) is 1. The highest BCUT2D eigenvalue weighted by molar-refractivity contribution is 8.02. The molecule has 10 nitrogen and oxygen atoms in total. The lowest BCUT2D eigenvalue weighted by molar-refractivity contribution is -0.148. The number of aliphatic hydroxyl groups excluding tert-OH is 1. The molecule has 1 aromatic heterocycles. The van der Waals surface area contributed by atoms with E-state index in [-0.39, 0.29) is 42.2 Å². The largest absolute Gasteiger partial charge is 0.394 e. The Bertz CT molecular complexity index is 1390. The monoisotopic (exact) mass is 564 g/mol. The van der Waals surface area contributed by atoms with Crippen molar-refractivity contribution in [3.63, 3.8) is 0 Å². The lowest BCUT2D eigenvalue weighted by Gasteiger charge is -2.39. The number of hydrogen-bond donors (Lipinski definition) is 1. The van der Waals surface area contributed by atoms with Crippen LogP contribution in [0.15, 0.2) is 48.6 Å². The van der Waals surface area contributed by atoms with Crippen LogP contribution in [0.25, 0.3) is 11.0 Å². The SMILES string of the molecule is CCCN1CC=C[C@@H]2S[C@]34C=CCN(Cn5nnc6ccccc65)C(=O)C3N([C@@H](CO)C(C)C)C(=O)[C@@H]4[C@@H]2C1=O. The molecule has 2 fully saturated rings. The fourth-order valence-electron chi connectivity index (χ4n) is 6.93. The Morgan fingerprint density at radius 3 is 2.60 bits per heavy atom. The van der Waals surface area contributed by atoms with Crippen LogP contribution in [-0.4, -0.2) is 101 Å². The summed E-state index contributed by atoms with van der Waals surface area (Å²) in [5, 5.41) is 18.8. The third-order valence-corrected chi connectivity index (χ3v) is 10.5. The molecule has 1 spiro atoms. The Labute approximate surface area is 238 Å². The Kier molecular flexibility index (Phi) is 6.98. The highest BCUT2D eigenvalue weighted by Gasteiger charge is 2.71. The number of thioether (sulfide) groups is 1. The summed E-state index contributed by atoms with van der Waals surface area (Å²) in [4.78, 5) is 48.1. The summed E-state index contributed by atoms with van der Waals surface area (Å²) in [6.45, 7) is 7.34. The molecular weight excluding hydrogens is 528 g/mol. The number of nitrogens with zero attached hydrogens (tertiary/aromatic N) is 6. The molecule has 3 amide bonds. The number of aliphatic hydroxyl groups is 1. The van der Waals surface area contributed by atoms with E-state index in [0.29, 0.717) is 19.6 Å². The van der Waals surface area contributed by atoms with E-state index in [1.807, 2.05) is 68.2 Å². The first-order valence-corrected chi connectivity index (χ1v) is 15.0. The van der Waals surface area contributed by atoms with Crippen LogP contribution in [0.4, 0.5) is 0 Å². The first-order chi connectivity index (χ1) is 19.3. The lowest BCUT2D eigenvalue weighted by Crippen LogP contribution is -2.57. The van der Waals surface area contributed by atoms with Crippen LogP contribution in [0.3, 0.4) is 0 Å². The van der Waals surface area contributed by atoms with E-state index >= 15 is 0 Å². The van der Waals surface area contributed by atoms with E-state index in [1.54, 1.807) is 26.2 Å². The molecule has 6 atom stereocenters. The maximum atomic E-state index is 14.6. The van der Waals surface area contributed by atoms with Crippen molar-refractivity contribution >= 4 is 40.5 Å². The molecular formula is C29H36N6O4S. The van der Waals surface area contributed by atoms with Crippen molar-refractivity contribution in [3.8, 4) is 0 Å². The summed E-state index contributed by atoms with van der Waals surface area (Å²) in [5.41, 5.74) is 1.55. The average molecular weight is 565 g/mol. The minimum Gasteiger partial charge on any atom is -0.394 e. The van der Waals surface area contributed by atoms with Crippen molar-refractivity contribution in [1.82, 2.24) is 29.7 Å². The first kappa shape index (κ1) is 27.0. The standard InChI is InChI=1S/C29H36N6O4S/c1-4-13-32-14-7-11-22-23(26(32)37)24-27(38)35(21(16-36)18(2)3)25-28(39)33(15-8-12-29(24,25)40-22)17-34-20-10-6-5-9-19(20)30-31-34/h5-12,18,21-25,36H,4,13-17H2,1-3H3/t21-,22-,23+,24-,25?,29-/m0/s1. The van der Waals surface area contributed by atoms with Crippen LogP contribution in [-0.2, 0) is 21.1 Å². The van der Waals surface area contributed by atoms with Gasteiger partial charge in [0.15, 0.2) is 0 Å². The van der Waals surface area contributed by atoms with Crippen molar-refractivity contribution in [2.24, 2.45) is 17.8 Å². The highest BCUT2D eigenvalue weighted by Crippen LogP contribution is 2.61. The molecule has 1 aromatic carbocycles. The van der Waals surface area contributed by atoms with E-state index in [4.69, 9.17) is 0 Å². The number of aromatic nitrogens is 3. The summed E-state index contributed by atoms with van der Waals surface area (Å²) in [5.74, 6) is -1.79. The molecule has 1 N–H and O–H groups in total. The highest BCUT2D eigenvalue weighted by atomic mass is 32.2. The van der Waals surface area contributed by atoms with Gasteiger partial charge in [0.25, 0.3) is 0 Å². The van der Waals surface area contributed by atoms with E-state index in [0.717, 1.165) is 17.5 Å². The van der Waals surface area contributed by atoms with Gasteiger partial charge in [-0.3, -0.25) is 14.4 Å². The topological polar surface area (TPSA) is 112 Å².